The topological polar surface area (TPSA) is 72.2 Å². The molecule has 0 heterocycles. The van der Waals surface area contributed by atoms with Crippen LogP contribution in [-0.4, -0.2) is 33.0 Å². The van der Waals surface area contributed by atoms with Crippen LogP contribution in [0.1, 0.15) is 18.9 Å². The van der Waals surface area contributed by atoms with Crippen molar-refractivity contribution in [1.82, 2.24) is 4.72 Å². The van der Waals surface area contributed by atoms with Crippen LogP contribution in [0.4, 0.5) is 4.39 Å². The molecule has 21 heavy (non-hydrogen) atoms. The van der Waals surface area contributed by atoms with E-state index in [9.17, 15) is 12.8 Å². The summed E-state index contributed by atoms with van der Waals surface area (Å²) in [7, 11) is -3.87. The van der Waals surface area contributed by atoms with E-state index in [1.807, 2.05) is 13.2 Å². The summed E-state index contributed by atoms with van der Waals surface area (Å²) in [6.07, 6.45) is 2.53. The minimum absolute atomic E-state index is 0.163. The van der Waals surface area contributed by atoms with Gasteiger partial charge in [-0.3, -0.25) is 0 Å². The van der Waals surface area contributed by atoms with Gasteiger partial charge in [-0.25, -0.2) is 17.5 Å². The van der Waals surface area contributed by atoms with Gasteiger partial charge in [0.2, 0.25) is 10.0 Å². The van der Waals surface area contributed by atoms with Crippen molar-refractivity contribution in [2.24, 2.45) is 5.73 Å². The molecule has 0 radical (unpaired) electrons. The Morgan fingerprint density at radius 3 is 2.71 bits per heavy atom. The van der Waals surface area contributed by atoms with Crippen LogP contribution in [0.5, 0.6) is 0 Å². The normalized spacial score (nSPS) is 12.6. The van der Waals surface area contributed by atoms with Crippen molar-refractivity contribution < 1.29 is 12.8 Å². The van der Waals surface area contributed by atoms with Gasteiger partial charge in [-0.2, -0.15) is 11.8 Å². The van der Waals surface area contributed by atoms with Crippen molar-refractivity contribution in [1.29, 1.82) is 0 Å². The second-order valence-electron chi connectivity index (χ2n) is 4.33. The third kappa shape index (κ3) is 5.32. The lowest BCUT2D eigenvalue weighted by atomic mass is 10.2. The molecule has 116 valence electrons. The number of rotatable bonds is 6. The van der Waals surface area contributed by atoms with Crippen LogP contribution < -0.4 is 10.5 Å². The van der Waals surface area contributed by atoms with Crippen molar-refractivity contribution in [2.75, 3.05) is 18.6 Å². The average Bonchev–Trinajstić information content (AvgIpc) is 2.44. The number of sulfonamides is 1. The summed E-state index contributed by atoms with van der Waals surface area (Å²) < 4.78 is 40.9. The van der Waals surface area contributed by atoms with Crippen LogP contribution in [0.3, 0.4) is 0 Å². The molecule has 1 atom stereocenters. The fourth-order valence-electron chi connectivity index (χ4n) is 1.67. The average molecular weight is 330 g/mol. The molecule has 0 saturated carbocycles. The number of thioether (sulfide) groups is 1. The molecule has 1 aromatic rings. The SMILES string of the molecule is CCC(CSC)NS(=O)(=O)c1ccc(C#CCN)cc1F. The van der Waals surface area contributed by atoms with E-state index in [0.29, 0.717) is 17.7 Å². The van der Waals surface area contributed by atoms with Gasteiger partial charge in [0.25, 0.3) is 0 Å². The summed E-state index contributed by atoms with van der Waals surface area (Å²) in [5.74, 6) is 5.08. The molecule has 0 bridgehead atoms. The van der Waals surface area contributed by atoms with Crippen LogP contribution in [0.25, 0.3) is 0 Å². The monoisotopic (exact) mass is 330 g/mol. The van der Waals surface area contributed by atoms with Crippen LogP contribution >= 0.6 is 11.8 Å². The highest BCUT2D eigenvalue weighted by Gasteiger charge is 2.22. The largest absolute Gasteiger partial charge is 0.320 e. The van der Waals surface area contributed by atoms with Crippen molar-refractivity contribution >= 4 is 21.8 Å². The first-order valence-corrected chi connectivity index (χ1v) is 9.32. The maximum Gasteiger partial charge on any atom is 0.243 e. The zero-order valence-corrected chi connectivity index (χ0v) is 13.7. The van der Waals surface area contributed by atoms with Gasteiger partial charge >= 0.3 is 0 Å². The number of hydrogen-bond donors (Lipinski definition) is 2. The summed E-state index contributed by atoms with van der Waals surface area (Å²) >= 11 is 1.54. The predicted octanol–water partition coefficient (Wildman–Crippen LogP) is 1.56. The van der Waals surface area contributed by atoms with E-state index in [1.54, 1.807) is 0 Å². The van der Waals surface area contributed by atoms with Crippen LogP contribution in [0.2, 0.25) is 0 Å². The number of halogens is 1. The van der Waals surface area contributed by atoms with Gasteiger partial charge in [-0.15, -0.1) is 0 Å². The Labute approximate surface area is 129 Å². The first kappa shape index (κ1) is 18.0. The van der Waals surface area contributed by atoms with Crippen molar-refractivity contribution in [3.63, 3.8) is 0 Å². The summed E-state index contributed by atoms with van der Waals surface area (Å²) in [4.78, 5) is -0.361. The van der Waals surface area contributed by atoms with Gasteiger partial charge in [-0.1, -0.05) is 18.8 Å². The quantitative estimate of drug-likeness (QED) is 0.777. The molecule has 7 heteroatoms. The zero-order valence-electron chi connectivity index (χ0n) is 12.0. The molecule has 0 aliphatic carbocycles. The molecule has 4 nitrogen and oxygen atoms in total. The number of nitrogens with two attached hydrogens (primary N) is 1. The minimum Gasteiger partial charge on any atom is -0.320 e. The smallest absolute Gasteiger partial charge is 0.243 e. The highest BCUT2D eigenvalue weighted by Crippen LogP contribution is 2.17. The Bertz CT molecular complexity index is 636. The van der Waals surface area contributed by atoms with Crippen LogP contribution in [-0.2, 0) is 10.0 Å². The number of hydrogen-bond acceptors (Lipinski definition) is 4. The van der Waals surface area contributed by atoms with Crippen LogP contribution in [0, 0.1) is 17.7 Å². The molecular formula is C14H19FN2O2S2. The summed E-state index contributed by atoms with van der Waals surface area (Å²) in [5.41, 5.74) is 5.63. The molecule has 0 fully saturated rings. The highest BCUT2D eigenvalue weighted by molar-refractivity contribution is 7.98. The standard InChI is InChI=1S/C14H19FN2O2S2/c1-3-12(10-20-2)17-21(18,19)14-7-6-11(5-4-8-16)9-13(14)15/h6-7,9,12,17H,3,8,10,16H2,1-2H3. The van der Waals surface area contributed by atoms with E-state index in [2.05, 4.69) is 16.6 Å². The Morgan fingerprint density at radius 2 is 2.19 bits per heavy atom. The number of benzene rings is 1. The lowest BCUT2D eigenvalue weighted by Crippen LogP contribution is -2.36. The van der Waals surface area contributed by atoms with Gasteiger partial charge in [0.1, 0.15) is 10.7 Å². The number of nitrogens with one attached hydrogen (secondary N) is 1. The molecule has 0 spiro atoms. The Kier molecular flexibility index (Phi) is 7.18. The molecule has 1 rings (SSSR count). The van der Waals surface area contributed by atoms with E-state index in [1.165, 1.54) is 23.9 Å². The van der Waals surface area contributed by atoms with Gasteiger partial charge in [-0.05, 0) is 30.9 Å². The lowest BCUT2D eigenvalue weighted by Gasteiger charge is -2.16. The van der Waals surface area contributed by atoms with E-state index in [0.717, 1.165) is 6.07 Å². The first-order valence-electron chi connectivity index (χ1n) is 6.44. The third-order valence-electron chi connectivity index (χ3n) is 2.74. The molecule has 0 aromatic heterocycles. The molecule has 3 N–H and O–H groups in total. The molecule has 0 amide bonds. The van der Waals surface area contributed by atoms with Crippen molar-refractivity contribution in [3.8, 4) is 11.8 Å². The highest BCUT2D eigenvalue weighted by atomic mass is 32.2. The maximum atomic E-state index is 14.0. The first-order chi connectivity index (χ1) is 9.94. The molecule has 1 unspecified atom stereocenters. The van der Waals surface area contributed by atoms with Gasteiger partial charge in [0.15, 0.2) is 0 Å². The van der Waals surface area contributed by atoms with Crippen molar-refractivity contribution in [3.05, 3.63) is 29.6 Å². The summed E-state index contributed by atoms with van der Waals surface area (Å²) in [6, 6.07) is 3.58. The van der Waals surface area contributed by atoms with Gasteiger partial charge in [0, 0.05) is 17.4 Å². The van der Waals surface area contributed by atoms with E-state index < -0.39 is 15.8 Å². The Hall–Kier alpha value is -1.07. The summed E-state index contributed by atoms with van der Waals surface area (Å²) in [5, 5.41) is 0. The van der Waals surface area contributed by atoms with Gasteiger partial charge in [0.05, 0.1) is 6.54 Å². The van der Waals surface area contributed by atoms with Crippen LogP contribution in [0.15, 0.2) is 23.1 Å². The summed E-state index contributed by atoms with van der Waals surface area (Å²) in [6.45, 7) is 2.04. The minimum atomic E-state index is -3.87. The third-order valence-corrected chi connectivity index (χ3v) is 5.03. The zero-order chi connectivity index (χ0) is 15.9. The molecule has 0 aliphatic rings. The van der Waals surface area contributed by atoms with Gasteiger partial charge < -0.3 is 5.73 Å². The molecule has 0 aliphatic heterocycles. The van der Waals surface area contributed by atoms with E-state index in [-0.39, 0.29) is 17.5 Å². The molecular weight excluding hydrogens is 311 g/mol. The predicted molar refractivity (Wildman–Crippen MR) is 85.1 cm³/mol. The maximum absolute atomic E-state index is 14.0. The lowest BCUT2D eigenvalue weighted by molar-refractivity contribution is 0.541. The van der Waals surface area contributed by atoms with E-state index >= 15 is 0 Å². The molecule has 1 aromatic carbocycles. The fraction of sp³-hybridized carbons (Fsp3) is 0.429. The Balaban J connectivity index is 3.03. The second kappa shape index (κ2) is 8.39. The molecule has 0 saturated heterocycles. The Morgan fingerprint density at radius 1 is 1.48 bits per heavy atom. The van der Waals surface area contributed by atoms with E-state index in [4.69, 9.17) is 5.73 Å². The second-order valence-corrected chi connectivity index (χ2v) is 6.93. The van der Waals surface area contributed by atoms with Crippen molar-refractivity contribution in [2.45, 2.75) is 24.3 Å². The fourth-order valence-corrected chi connectivity index (χ4v) is 3.87.